The van der Waals surface area contributed by atoms with Crippen LogP contribution in [0.15, 0.2) is 24.3 Å². The van der Waals surface area contributed by atoms with E-state index in [1.807, 2.05) is 13.0 Å². The lowest BCUT2D eigenvalue weighted by atomic mass is 10.1. The number of fused-ring (bicyclic) bond motifs is 1. The van der Waals surface area contributed by atoms with E-state index < -0.39 is 0 Å². The number of hydrogen-bond donors (Lipinski definition) is 1. The highest BCUT2D eigenvalue weighted by molar-refractivity contribution is 5.91. The minimum atomic E-state index is -0.243. The number of hydrogen-bond acceptors (Lipinski definition) is 2. The largest absolute Gasteiger partial charge is 0.384 e. The minimum absolute atomic E-state index is 0.243. The van der Waals surface area contributed by atoms with Crippen LogP contribution in [0.3, 0.4) is 0 Å². The molecule has 0 atom stereocenters. The lowest BCUT2D eigenvalue weighted by molar-refractivity contribution is 0.629. The fourth-order valence-corrected chi connectivity index (χ4v) is 1.74. The first-order chi connectivity index (χ1) is 7.70. The molecule has 0 radical (unpaired) electrons. The first-order valence-electron chi connectivity index (χ1n) is 5.51. The Kier molecular flexibility index (Phi) is 3.04. The number of nitrogens with zero attached hydrogens (tertiary/aromatic N) is 1. The second-order valence-electron chi connectivity index (χ2n) is 3.90. The zero-order valence-electron chi connectivity index (χ0n) is 9.55. The molecule has 0 fully saturated rings. The van der Waals surface area contributed by atoms with Crippen molar-refractivity contribution in [2.24, 2.45) is 0 Å². The highest BCUT2D eigenvalue weighted by atomic mass is 19.1. The second kappa shape index (κ2) is 4.47. The van der Waals surface area contributed by atoms with Crippen molar-refractivity contribution < 1.29 is 4.39 Å². The SMILES string of the molecule is CCCNc1cc(C)nc2cc(F)ccc12. The van der Waals surface area contributed by atoms with Crippen molar-refractivity contribution in [2.45, 2.75) is 20.3 Å². The summed E-state index contributed by atoms with van der Waals surface area (Å²) in [5.41, 5.74) is 2.64. The maximum Gasteiger partial charge on any atom is 0.125 e. The summed E-state index contributed by atoms with van der Waals surface area (Å²) in [6.45, 7) is 4.94. The Balaban J connectivity index is 2.54. The Morgan fingerprint density at radius 1 is 1.31 bits per heavy atom. The molecule has 0 unspecified atom stereocenters. The minimum Gasteiger partial charge on any atom is -0.384 e. The number of rotatable bonds is 3. The van der Waals surface area contributed by atoms with Gasteiger partial charge < -0.3 is 5.32 Å². The molecular weight excluding hydrogens is 203 g/mol. The third-order valence-electron chi connectivity index (χ3n) is 2.47. The molecule has 3 heteroatoms. The van der Waals surface area contributed by atoms with E-state index in [1.54, 1.807) is 6.07 Å². The van der Waals surface area contributed by atoms with E-state index in [2.05, 4.69) is 17.2 Å². The van der Waals surface area contributed by atoms with E-state index in [4.69, 9.17) is 0 Å². The summed E-state index contributed by atoms with van der Waals surface area (Å²) in [6.07, 6.45) is 1.06. The van der Waals surface area contributed by atoms with E-state index in [1.165, 1.54) is 12.1 Å². The number of anilines is 1. The third-order valence-corrected chi connectivity index (χ3v) is 2.47. The van der Waals surface area contributed by atoms with Gasteiger partial charge in [0.15, 0.2) is 0 Å². The van der Waals surface area contributed by atoms with Crippen LogP contribution >= 0.6 is 0 Å². The Bertz CT molecular complexity index is 503. The molecule has 1 aromatic heterocycles. The van der Waals surface area contributed by atoms with Crippen molar-refractivity contribution in [3.05, 3.63) is 35.8 Å². The van der Waals surface area contributed by atoms with E-state index >= 15 is 0 Å². The molecule has 16 heavy (non-hydrogen) atoms. The number of halogens is 1. The van der Waals surface area contributed by atoms with Crippen molar-refractivity contribution >= 4 is 16.6 Å². The van der Waals surface area contributed by atoms with Gasteiger partial charge >= 0.3 is 0 Å². The molecule has 0 bridgehead atoms. The second-order valence-corrected chi connectivity index (χ2v) is 3.90. The van der Waals surface area contributed by atoms with E-state index in [9.17, 15) is 4.39 Å². The zero-order chi connectivity index (χ0) is 11.5. The summed E-state index contributed by atoms with van der Waals surface area (Å²) in [5, 5.41) is 4.31. The molecule has 0 aliphatic rings. The highest BCUT2D eigenvalue weighted by Gasteiger charge is 2.04. The number of aromatic nitrogens is 1. The van der Waals surface area contributed by atoms with Crippen LogP contribution in [-0.2, 0) is 0 Å². The summed E-state index contributed by atoms with van der Waals surface area (Å²) >= 11 is 0. The molecule has 84 valence electrons. The van der Waals surface area contributed by atoms with E-state index in [-0.39, 0.29) is 5.82 Å². The summed E-state index contributed by atoms with van der Waals surface area (Å²) < 4.78 is 13.1. The van der Waals surface area contributed by atoms with Gasteiger partial charge in [-0.05, 0) is 31.5 Å². The van der Waals surface area contributed by atoms with Crippen molar-refractivity contribution in [3.63, 3.8) is 0 Å². The maximum atomic E-state index is 13.1. The predicted octanol–water partition coefficient (Wildman–Crippen LogP) is 3.50. The van der Waals surface area contributed by atoms with Crippen LogP contribution in [0, 0.1) is 12.7 Å². The number of pyridine rings is 1. The predicted molar refractivity (Wildman–Crippen MR) is 65.2 cm³/mol. The van der Waals surface area contributed by atoms with Crippen molar-refractivity contribution in [2.75, 3.05) is 11.9 Å². The summed E-state index contributed by atoms with van der Waals surface area (Å²) in [6, 6.07) is 6.71. The third kappa shape index (κ3) is 2.13. The summed E-state index contributed by atoms with van der Waals surface area (Å²) in [4.78, 5) is 4.33. The zero-order valence-corrected chi connectivity index (χ0v) is 9.55. The van der Waals surface area contributed by atoms with Crippen LogP contribution in [0.5, 0.6) is 0 Å². The molecule has 0 spiro atoms. The molecular formula is C13H15FN2. The molecule has 0 saturated heterocycles. The standard InChI is InChI=1S/C13H15FN2/c1-3-6-15-12-7-9(2)16-13-8-10(14)4-5-11(12)13/h4-5,7-8H,3,6H2,1-2H3,(H,15,16). The molecule has 1 N–H and O–H groups in total. The van der Waals surface area contributed by atoms with Gasteiger partial charge in [-0.2, -0.15) is 0 Å². The van der Waals surface area contributed by atoms with E-state index in [0.717, 1.165) is 29.7 Å². The highest BCUT2D eigenvalue weighted by Crippen LogP contribution is 2.23. The van der Waals surface area contributed by atoms with Crippen LogP contribution in [0.25, 0.3) is 10.9 Å². The fraction of sp³-hybridized carbons (Fsp3) is 0.308. The normalized spacial score (nSPS) is 10.7. The lowest BCUT2D eigenvalue weighted by Gasteiger charge is -2.09. The van der Waals surface area contributed by atoms with Gasteiger partial charge in [0.2, 0.25) is 0 Å². The first kappa shape index (κ1) is 10.9. The molecule has 0 saturated carbocycles. The van der Waals surface area contributed by atoms with Crippen LogP contribution in [0.2, 0.25) is 0 Å². The molecule has 0 aliphatic carbocycles. The fourth-order valence-electron chi connectivity index (χ4n) is 1.74. The average molecular weight is 218 g/mol. The van der Waals surface area contributed by atoms with Crippen LogP contribution in [0.1, 0.15) is 19.0 Å². The van der Waals surface area contributed by atoms with Gasteiger partial charge in [-0.15, -0.1) is 0 Å². The molecule has 0 aliphatic heterocycles. The van der Waals surface area contributed by atoms with E-state index in [0.29, 0.717) is 5.52 Å². The monoisotopic (exact) mass is 218 g/mol. The van der Waals surface area contributed by atoms with Gasteiger partial charge in [0.25, 0.3) is 0 Å². The van der Waals surface area contributed by atoms with Gasteiger partial charge in [0.05, 0.1) is 5.52 Å². The topological polar surface area (TPSA) is 24.9 Å². The van der Waals surface area contributed by atoms with Crippen LogP contribution < -0.4 is 5.32 Å². The smallest absolute Gasteiger partial charge is 0.125 e. The lowest BCUT2D eigenvalue weighted by Crippen LogP contribution is -2.01. The van der Waals surface area contributed by atoms with Crippen LogP contribution in [-0.4, -0.2) is 11.5 Å². The Labute approximate surface area is 94.5 Å². The summed E-state index contributed by atoms with van der Waals surface area (Å²) in [5.74, 6) is -0.243. The van der Waals surface area contributed by atoms with Gasteiger partial charge in [-0.1, -0.05) is 6.92 Å². The van der Waals surface area contributed by atoms with Crippen molar-refractivity contribution in [1.29, 1.82) is 0 Å². The quantitative estimate of drug-likeness (QED) is 0.852. The van der Waals surface area contributed by atoms with Gasteiger partial charge in [0.1, 0.15) is 5.82 Å². The van der Waals surface area contributed by atoms with Gasteiger partial charge in [-0.3, -0.25) is 4.98 Å². The Morgan fingerprint density at radius 3 is 2.88 bits per heavy atom. The maximum absolute atomic E-state index is 13.1. The van der Waals surface area contributed by atoms with Gasteiger partial charge in [-0.25, -0.2) is 4.39 Å². The molecule has 2 rings (SSSR count). The van der Waals surface area contributed by atoms with Crippen molar-refractivity contribution in [3.8, 4) is 0 Å². The average Bonchev–Trinajstić information content (AvgIpc) is 2.25. The molecule has 2 aromatic rings. The number of benzene rings is 1. The first-order valence-corrected chi connectivity index (χ1v) is 5.51. The Hall–Kier alpha value is -1.64. The number of aryl methyl sites for hydroxylation is 1. The molecule has 1 aromatic carbocycles. The molecule has 1 heterocycles. The molecule has 0 amide bonds. The van der Waals surface area contributed by atoms with Crippen LogP contribution in [0.4, 0.5) is 10.1 Å². The van der Waals surface area contributed by atoms with Crippen molar-refractivity contribution in [1.82, 2.24) is 4.98 Å². The summed E-state index contributed by atoms with van der Waals surface area (Å²) in [7, 11) is 0. The number of nitrogens with one attached hydrogen (secondary N) is 1. The molecule has 2 nitrogen and oxygen atoms in total. The van der Waals surface area contributed by atoms with Gasteiger partial charge in [0, 0.05) is 29.4 Å². The Morgan fingerprint density at radius 2 is 2.12 bits per heavy atom.